The zero-order valence-electron chi connectivity index (χ0n) is 13.9. The molecule has 2 rings (SSSR count). The first-order valence-corrected chi connectivity index (χ1v) is 9.11. The van der Waals surface area contributed by atoms with Crippen LogP contribution in [0.1, 0.15) is 27.9 Å². The van der Waals surface area contributed by atoms with Gasteiger partial charge in [-0.2, -0.15) is 5.26 Å². The van der Waals surface area contributed by atoms with Crippen molar-refractivity contribution in [1.82, 2.24) is 9.71 Å². The molecule has 0 aliphatic rings. The van der Waals surface area contributed by atoms with Crippen molar-refractivity contribution in [2.45, 2.75) is 26.1 Å². The number of nitriles is 1. The summed E-state index contributed by atoms with van der Waals surface area (Å²) in [5.74, 6) is 0.425. The number of hydrogen-bond acceptors (Lipinski definition) is 5. The molecule has 1 aromatic heterocycles. The van der Waals surface area contributed by atoms with Crippen LogP contribution in [0.25, 0.3) is 0 Å². The zero-order valence-corrected chi connectivity index (χ0v) is 14.7. The summed E-state index contributed by atoms with van der Waals surface area (Å²) < 4.78 is 25.9. The van der Waals surface area contributed by atoms with Gasteiger partial charge in [0.25, 0.3) is 0 Å². The fourth-order valence-electron chi connectivity index (χ4n) is 2.43. The molecule has 2 N–H and O–H groups in total. The van der Waals surface area contributed by atoms with Crippen molar-refractivity contribution in [1.29, 1.82) is 5.26 Å². The van der Waals surface area contributed by atoms with Crippen molar-refractivity contribution in [2.24, 2.45) is 0 Å². The van der Waals surface area contributed by atoms with Crippen molar-refractivity contribution in [3.63, 3.8) is 0 Å². The molecule has 24 heavy (non-hydrogen) atoms. The zero-order chi connectivity index (χ0) is 17.7. The number of nitrogens with zero attached hydrogens (tertiary/aromatic N) is 2. The van der Waals surface area contributed by atoms with Gasteiger partial charge >= 0.3 is 0 Å². The van der Waals surface area contributed by atoms with Crippen LogP contribution in [-0.2, 0) is 22.3 Å². The van der Waals surface area contributed by atoms with Gasteiger partial charge in [-0.1, -0.05) is 24.3 Å². The summed E-state index contributed by atoms with van der Waals surface area (Å²) in [4.78, 5) is 4.38. The highest BCUT2D eigenvalue weighted by atomic mass is 32.2. The molecule has 0 bridgehead atoms. The van der Waals surface area contributed by atoms with E-state index in [4.69, 9.17) is 0 Å². The maximum absolute atomic E-state index is 11.8. The van der Waals surface area contributed by atoms with E-state index in [1.54, 1.807) is 12.1 Å². The highest BCUT2D eigenvalue weighted by molar-refractivity contribution is 7.88. The van der Waals surface area contributed by atoms with Gasteiger partial charge in [0.2, 0.25) is 10.0 Å². The molecule has 0 radical (unpaired) electrons. The number of aryl methyl sites for hydroxylation is 2. The molecular weight excluding hydrogens is 324 g/mol. The fraction of sp³-hybridized carbons (Fsp3) is 0.294. The summed E-state index contributed by atoms with van der Waals surface area (Å²) in [6, 6.07) is 11.3. The smallest absolute Gasteiger partial charge is 0.215 e. The number of aromatic nitrogens is 1. The Morgan fingerprint density at radius 2 is 1.88 bits per heavy atom. The molecule has 7 heteroatoms. The Bertz CT molecular complexity index is 886. The minimum Gasteiger partial charge on any atom is -0.365 e. The lowest BCUT2D eigenvalue weighted by Crippen LogP contribution is -2.21. The van der Waals surface area contributed by atoms with Crippen LogP contribution in [-0.4, -0.2) is 20.4 Å². The average molecular weight is 344 g/mol. The third-order valence-electron chi connectivity index (χ3n) is 3.68. The van der Waals surface area contributed by atoms with E-state index >= 15 is 0 Å². The van der Waals surface area contributed by atoms with E-state index in [0.717, 1.165) is 16.8 Å². The fourth-order valence-corrected chi connectivity index (χ4v) is 3.27. The van der Waals surface area contributed by atoms with Gasteiger partial charge in [-0.3, -0.25) is 0 Å². The summed E-state index contributed by atoms with van der Waals surface area (Å²) in [5, 5.41) is 12.5. The van der Waals surface area contributed by atoms with Gasteiger partial charge in [0.05, 0.1) is 11.3 Å². The second kappa shape index (κ2) is 7.43. The lowest BCUT2D eigenvalue weighted by molar-refractivity contribution is 0.587. The number of benzene rings is 1. The van der Waals surface area contributed by atoms with Gasteiger partial charge < -0.3 is 5.32 Å². The van der Waals surface area contributed by atoms with E-state index in [0.29, 0.717) is 23.5 Å². The molecule has 0 atom stereocenters. The minimum atomic E-state index is -3.35. The van der Waals surface area contributed by atoms with E-state index < -0.39 is 10.0 Å². The van der Waals surface area contributed by atoms with E-state index in [9.17, 15) is 13.7 Å². The average Bonchev–Trinajstić information content (AvgIpc) is 2.53. The van der Waals surface area contributed by atoms with Gasteiger partial charge in [0.15, 0.2) is 0 Å². The molecular formula is C17H20N4O2S. The van der Waals surface area contributed by atoms with Crippen molar-refractivity contribution in [2.75, 3.05) is 12.4 Å². The highest BCUT2D eigenvalue weighted by Gasteiger charge is 2.13. The van der Waals surface area contributed by atoms with Gasteiger partial charge in [-0.05, 0) is 43.7 Å². The van der Waals surface area contributed by atoms with Crippen LogP contribution in [0.2, 0.25) is 0 Å². The SMILES string of the molecule is CNS(=O)(=O)Cc1ccccc1CNc1nc(C)cc(C)c1C#N. The summed E-state index contributed by atoms with van der Waals surface area (Å²) >= 11 is 0. The monoisotopic (exact) mass is 344 g/mol. The quantitative estimate of drug-likeness (QED) is 0.838. The second-order valence-electron chi connectivity index (χ2n) is 5.50. The maximum atomic E-state index is 11.8. The maximum Gasteiger partial charge on any atom is 0.215 e. The lowest BCUT2D eigenvalue weighted by atomic mass is 10.1. The number of pyridine rings is 1. The third kappa shape index (κ3) is 4.31. The molecule has 0 fully saturated rings. The van der Waals surface area contributed by atoms with Gasteiger partial charge in [-0.25, -0.2) is 18.1 Å². The summed E-state index contributed by atoms with van der Waals surface area (Å²) in [6.45, 7) is 4.12. The van der Waals surface area contributed by atoms with Crippen LogP contribution >= 0.6 is 0 Å². The Labute approximate surface area is 142 Å². The first-order chi connectivity index (χ1) is 11.4. The Kier molecular flexibility index (Phi) is 5.54. The van der Waals surface area contributed by atoms with E-state index in [-0.39, 0.29) is 5.75 Å². The summed E-state index contributed by atoms with van der Waals surface area (Å²) in [7, 11) is -1.95. The number of sulfonamides is 1. The number of nitrogens with one attached hydrogen (secondary N) is 2. The topological polar surface area (TPSA) is 94.9 Å². The highest BCUT2D eigenvalue weighted by Crippen LogP contribution is 2.19. The van der Waals surface area contributed by atoms with Gasteiger partial charge in [0.1, 0.15) is 11.9 Å². The van der Waals surface area contributed by atoms with Crippen LogP contribution in [0.15, 0.2) is 30.3 Å². The largest absolute Gasteiger partial charge is 0.365 e. The van der Waals surface area contributed by atoms with Crippen molar-refractivity contribution in [3.05, 3.63) is 58.3 Å². The summed E-state index contributed by atoms with van der Waals surface area (Å²) in [5.41, 5.74) is 3.74. The van der Waals surface area contributed by atoms with Crippen LogP contribution in [0.3, 0.4) is 0 Å². The molecule has 0 saturated heterocycles. The molecule has 1 aromatic carbocycles. The predicted octanol–water partition coefficient (Wildman–Crippen LogP) is 2.23. The van der Waals surface area contributed by atoms with Crippen LogP contribution in [0.4, 0.5) is 5.82 Å². The molecule has 1 heterocycles. The first-order valence-electron chi connectivity index (χ1n) is 7.46. The van der Waals surface area contributed by atoms with E-state index in [1.165, 1.54) is 7.05 Å². The van der Waals surface area contributed by atoms with Crippen molar-refractivity contribution >= 4 is 15.8 Å². The van der Waals surface area contributed by atoms with E-state index in [2.05, 4.69) is 21.1 Å². The number of rotatable bonds is 6. The first kappa shape index (κ1) is 17.9. The molecule has 0 unspecified atom stereocenters. The Morgan fingerprint density at radius 1 is 1.21 bits per heavy atom. The minimum absolute atomic E-state index is 0.0905. The predicted molar refractivity (Wildman–Crippen MR) is 93.9 cm³/mol. The van der Waals surface area contributed by atoms with Crippen LogP contribution in [0, 0.1) is 25.2 Å². The van der Waals surface area contributed by atoms with Crippen molar-refractivity contribution in [3.8, 4) is 6.07 Å². The Hall–Kier alpha value is -2.43. The molecule has 0 aliphatic heterocycles. The van der Waals surface area contributed by atoms with Gasteiger partial charge in [-0.15, -0.1) is 0 Å². The molecule has 0 aliphatic carbocycles. The van der Waals surface area contributed by atoms with E-state index in [1.807, 2.05) is 32.0 Å². The third-order valence-corrected chi connectivity index (χ3v) is 4.99. The molecule has 6 nitrogen and oxygen atoms in total. The number of anilines is 1. The Balaban J connectivity index is 2.27. The van der Waals surface area contributed by atoms with Crippen LogP contribution < -0.4 is 10.0 Å². The molecule has 0 amide bonds. The molecule has 126 valence electrons. The molecule has 0 saturated carbocycles. The normalized spacial score (nSPS) is 11.1. The molecule has 2 aromatic rings. The summed E-state index contributed by atoms with van der Waals surface area (Å²) in [6.07, 6.45) is 0. The second-order valence-corrected chi connectivity index (χ2v) is 7.43. The lowest BCUT2D eigenvalue weighted by Gasteiger charge is -2.13. The van der Waals surface area contributed by atoms with Gasteiger partial charge in [0, 0.05) is 12.2 Å². The standard InChI is InChI=1S/C17H20N4O2S/c1-12-8-13(2)21-17(16(12)9-18)20-10-14-6-4-5-7-15(14)11-24(22,23)19-3/h4-8,19H,10-11H2,1-3H3,(H,20,21). The molecule has 0 spiro atoms. The van der Waals surface area contributed by atoms with Crippen LogP contribution in [0.5, 0.6) is 0 Å². The van der Waals surface area contributed by atoms with Crippen molar-refractivity contribution < 1.29 is 8.42 Å². The Morgan fingerprint density at radius 3 is 2.50 bits per heavy atom. The number of hydrogen-bond donors (Lipinski definition) is 2.